The number of carbonyl (C=O) groups is 1. The van der Waals surface area contributed by atoms with E-state index in [0.29, 0.717) is 24.3 Å². The lowest BCUT2D eigenvalue weighted by Gasteiger charge is -2.31. The molecule has 2 atom stereocenters. The van der Waals surface area contributed by atoms with Gasteiger partial charge in [-0.15, -0.1) is 0 Å². The molecule has 5 heteroatoms. The molecule has 38 heavy (non-hydrogen) atoms. The Morgan fingerprint density at radius 2 is 1.66 bits per heavy atom. The highest BCUT2D eigenvalue weighted by molar-refractivity contribution is 5.79. The van der Waals surface area contributed by atoms with Crippen LogP contribution in [0.3, 0.4) is 0 Å². The van der Waals surface area contributed by atoms with Gasteiger partial charge in [0.25, 0.3) is 0 Å². The second kappa shape index (κ2) is 12.5. The first kappa shape index (κ1) is 26.3. The molecule has 1 aliphatic heterocycles. The number of rotatable bonds is 10. The molecule has 1 aliphatic carbocycles. The van der Waals surface area contributed by atoms with E-state index in [1.54, 1.807) is 14.2 Å². The van der Waals surface area contributed by atoms with Gasteiger partial charge in [-0.2, -0.15) is 0 Å². The van der Waals surface area contributed by atoms with Crippen molar-refractivity contribution in [3.63, 3.8) is 0 Å². The van der Waals surface area contributed by atoms with E-state index >= 15 is 0 Å². The van der Waals surface area contributed by atoms with Gasteiger partial charge >= 0.3 is 0 Å². The molecule has 1 saturated heterocycles. The quantitative estimate of drug-likeness (QED) is 0.327. The molecule has 3 aromatic carbocycles. The van der Waals surface area contributed by atoms with Crippen molar-refractivity contribution in [3.05, 3.63) is 95.6 Å². The van der Waals surface area contributed by atoms with Crippen molar-refractivity contribution in [2.24, 2.45) is 11.8 Å². The highest BCUT2D eigenvalue weighted by atomic mass is 16.5. The lowest BCUT2D eigenvalue weighted by molar-refractivity contribution is -0.136. The zero-order valence-corrected chi connectivity index (χ0v) is 22.7. The maximum atomic E-state index is 13.8. The monoisotopic (exact) mass is 512 g/mol. The fourth-order valence-electron chi connectivity index (χ4n) is 6.35. The van der Waals surface area contributed by atoms with Gasteiger partial charge in [-0.1, -0.05) is 73.5 Å². The van der Waals surface area contributed by atoms with Crippen LogP contribution in [0.1, 0.15) is 48.3 Å². The fraction of sp³-hybridized carbons (Fsp3) is 0.424. The summed E-state index contributed by atoms with van der Waals surface area (Å²) in [7, 11) is 3.46. The lowest BCUT2D eigenvalue weighted by Crippen LogP contribution is -2.40. The van der Waals surface area contributed by atoms with E-state index in [1.807, 2.05) is 24.3 Å². The number of para-hydroxylation sites is 1. The van der Waals surface area contributed by atoms with E-state index in [9.17, 15) is 4.79 Å². The Hall–Kier alpha value is -3.31. The summed E-state index contributed by atoms with van der Waals surface area (Å²) in [5, 5.41) is 0. The average molecular weight is 513 g/mol. The Morgan fingerprint density at radius 1 is 0.895 bits per heavy atom. The maximum absolute atomic E-state index is 13.8. The third-order valence-electron chi connectivity index (χ3n) is 8.31. The van der Waals surface area contributed by atoms with Crippen LogP contribution < -0.4 is 9.47 Å². The highest BCUT2D eigenvalue weighted by Gasteiger charge is 2.37. The largest absolute Gasteiger partial charge is 0.497 e. The van der Waals surface area contributed by atoms with Crippen LogP contribution in [-0.4, -0.2) is 49.6 Å². The first-order chi connectivity index (χ1) is 18.6. The van der Waals surface area contributed by atoms with Crippen LogP contribution in [-0.2, 0) is 17.9 Å². The van der Waals surface area contributed by atoms with Gasteiger partial charge in [0.05, 0.1) is 14.2 Å². The number of ether oxygens (including phenoxy) is 2. The van der Waals surface area contributed by atoms with Gasteiger partial charge in [-0.3, -0.25) is 9.69 Å². The summed E-state index contributed by atoms with van der Waals surface area (Å²) in [4.78, 5) is 18.5. The average Bonchev–Trinajstić information content (AvgIpc) is 3.64. The van der Waals surface area contributed by atoms with Gasteiger partial charge in [0, 0.05) is 50.1 Å². The van der Waals surface area contributed by atoms with Crippen LogP contribution in [0.25, 0.3) is 0 Å². The SMILES string of the molecule is COc1cccc(C2CN(Cc3ccccc3OC)CC2CN(Cc2ccccc2)C(=O)C2CCCC2)c1. The fourth-order valence-corrected chi connectivity index (χ4v) is 6.35. The summed E-state index contributed by atoms with van der Waals surface area (Å²) in [5.74, 6) is 2.95. The zero-order valence-electron chi connectivity index (χ0n) is 22.7. The number of amides is 1. The molecule has 1 amide bonds. The minimum atomic E-state index is 0.167. The number of methoxy groups -OCH3 is 2. The standard InChI is InChI=1S/C33H40N2O3/c1-37-30-17-10-16-27(19-30)31-24-34(21-28-15-8-9-18-32(28)38-2)22-29(31)23-35(20-25-11-4-3-5-12-25)33(36)26-13-6-7-14-26/h3-5,8-12,15-19,26,29,31H,6-7,13-14,20-24H2,1-2H3. The van der Waals surface area contributed by atoms with Gasteiger partial charge in [0.2, 0.25) is 5.91 Å². The molecule has 0 spiro atoms. The minimum absolute atomic E-state index is 0.167. The Kier molecular flexibility index (Phi) is 8.65. The van der Waals surface area contributed by atoms with Gasteiger partial charge in [0.15, 0.2) is 0 Å². The van der Waals surface area contributed by atoms with E-state index in [-0.39, 0.29) is 5.92 Å². The molecule has 200 valence electrons. The van der Waals surface area contributed by atoms with Gasteiger partial charge in [-0.25, -0.2) is 0 Å². The van der Waals surface area contributed by atoms with Crippen molar-refractivity contribution < 1.29 is 14.3 Å². The predicted molar refractivity (Wildman–Crippen MR) is 151 cm³/mol. The molecule has 0 radical (unpaired) electrons. The number of benzene rings is 3. The topological polar surface area (TPSA) is 42.0 Å². The predicted octanol–water partition coefficient (Wildman–Crippen LogP) is 6.14. The Balaban J connectivity index is 1.41. The molecule has 0 bridgehead atoms. The Bertz CT molecular complexity index is 1190. The van der Waals surface area contributed by atoms with Crippen LogP contribution in [0.5, 0.6) is 11.5 Å². The summed E-state index contributed by atoms with van der Waals surface area (Å²) in [6.45, 7) is 4.13. The number of nitrogens with zero attached hydrogens (tertiary/aromatic N) is 2. The molecular weight excluding hydrogens is 472 g/mol. The Morgan fingerprint density at radius 3 is 2.42 bits per heavy atom. The molecule has 1 saturated carbocycles. The van der Waals surface area contributed by atoms with Crippen molar-refractivity contribution in [1.29, 1.82) is 0 Å². The summed E-state index contributed by atoms with van der Waals surface area (Å²) in [5.41, 5.74) is 3.67. The summed E-state index contributed by atoms with van der Waals surface area (Å²) < 4.78 is 11.2. The summed E-state index contributed by atoms with van der Waals surface area (Å²) >= 11 is 0. The number of hydrogen-bond donors (Lipinski definition) is 0. The van der Waals surface area contributed by atoms with Crippen molar-refractivity contribution in [2.45, 2.75) is 44.7 Å². The molecule has 5 rings (SSSR count). The minimum Gasteiger partial charge on any atom is -0.497 e. The van der Waals surface area contributed by atoms with Crippen LogP contribution in [0.2, 0.25) is 0 Å². The summed E-state index contributed by atoms with van der Waals surface area (Å²) in [6.07, 6.45) is 4.37. The molecule has 0 aromatic heterocycles. The van der Waals surface area contributed by atoms with E-state index < -0.39 is 0 Å². The second-order valence-corrected chi connectivity index (χ2v) is 10.8. The number of carbonyl (C=O) groups excluding carboxylic acids is 1. The molecular formula is C33H40N2O3. The number of hydrogen-bond acceptors (Lipinski definition) is 4. The van der Waals surface area contributed by atoms with Crippen molar-refractivity contribution >= 4 is 5.91 Å². The van der Waals surface area contributed by atoms with Crippen LogP contribution in [0.4, 0.5) is 0 Å². The second-order valence-electron chi connectivity index (χ2n) is 10.8. The van der Waals surface area contributed by atoms with E-state index in [1.165, 1.54) is 16.7 Å². The zero-order chi connectivity index (χ0) is 26.3. The van der Waals surface area contributed by atoms with Crippen LogP contribution in [0, 0.1) is 11.8 Å². The van der Waals surface area contributed by atoms with Gasteiger partial charge < -0.3 is 14.4 Å². The van der Waals surface area contributed by atoms with E-state index in [4.69, 9.17) is 9.47 Å². The molecule has 2 unspecified atom stereocenters. The third-order valence-corrected chi connectivity index (χ3v) is 8.31. The number of likely N-dealkylation sites (tertiary alicyclic amines) is 1. The van der Waals surface area contributed by atoms with Crippen LogP contribution in [0.15, 0.2) is 78.9 Å². The molecule has 5 nitrogen and oxygen atoms in total. The molecule has 0 N–H and O–H groups in total. The first-order valence-electron chi connectivity index (χ1n) is 14.0. The highest BCUT2D eigenvalue weighted by Crippen LogP contribution is 2.37. The van der Waals surface area contributed by atoms with Crippen molar-refractivity contribution in [2.75, 3.05) is 33.9 Å². The molecule has 1 heterocycles. The van der Waals surface area contributed by atoms with Crippen molar-refractivity contribution in [1.82, 2.24) is 9.80 Å². The molecule has 3 aromatic rings. The molecule has 2 fully saturated rings. The third kappa shape index (κ3) is 6.21. The Labute approximate surface area is 227 Å². The van der Waals surface area contributed by atoms with Crippen molar-refractivity contribution in [3.8, 4) is 11.5 Å². The maximum Gasteiger partial charge on any atom is 0.225 e. The lowest BCUT2D eigenvalue weighted by atomic mass is 9.88. The molecule has 2 aliphatic rings. The smallest absolute Gasteiger partial charge is 0.225 e. The van der Waals surface area contributed by atoms with Crippen LogP contribution >= 0.6 is 0 Å². The van der Waals surface area contributed by atoms with Gasteiger partial charge in [0.1, 0.15) is 11.5 Å². The first-order valence-corrected chi connectivity index (χ1v) is 14.0. The van der Waals surface area contributed by atoms with E-state index in [0.717, 1.165) is 63.4 Å². The van der Waals surface area contributed by atoms with Gasteiger partial charge in [-0.05, 0) is 48.1 Å². The van der Waals surface area contributed by atoms with E-state index in [2.05, 4.69) is 64.4 Å². The summed E-state index contributed by atoms with van der Waals surface area (Å²) in [6, 6.07) is 27.2. The normalized spacial score (nSPS) is 19.9.